The lowest BCUT2D eigenvalue weighted by Gasteiger charge is -2.70. The van der Waals surface area contributed by atoms with Gasteiger partial charge in [0.2, 0.25) is 0 Å². The fourth-order valence-electron chi connectivity index (χ4n) is 6.95. The average molecular weight is 522 g/mol. The first-order chi connectivity index (χ1) is 18.1. The summed E-state index contributed by atoms with van der Waals surface area (Å²) >= 11 is 0. The molecule has 4 unspecified atom stereocenters. The van der Waals surface area contributed by atoms with E-state index in [0.29, 0.717) is 5.92 Å². The summed E-state index contributed by atoms with van der Waals surface area (Å²) in [5, 5.41) is 16.1. The van der Waals surface area contributed by atoms with Crippen LogP contribution in [0.25, 0.3) is 0 Å². The quantitative estimate of drug-likeness (QED) is 0.323. The van der Waals surface area contributed by atoms with Gasteiger partial charge < -0.3 is 9.47 Å². The molecule has 0 aromatic carbocycles. The molecule has 4 aliphatic heterocycles. The van der Waals surface area contributed by atoms with Crippen LogP contribution in [0.2, 0.25) is 0 Å². The van der Waals surface area contributed by atoms with Gasteiger partial charge in [-0.25, -0.2) is 25.4 Å². The molecule has 4 heterocycles. The average Bonchev–Trinajstić information content (AvgIpc) is 2.92. The lowest BCUT2D eigenvalue weighted by Crippen LogP contribution is -2.88. The number of hydrogen-bond acceptors (Lipinski definition) is 7. The lowest BCUT2D eigenvalue weighted by molar-refractivity contribution is -0.368. The van der Waals surface area contributed by atoms with Crippen molar-refractivity contribution < 1.29 is 9.47 Å². The Hall–Kier alpha value is -0.320. The summed E-state index contributed by atoms with van der Waals surface area (Å²) in [7, 11) is 0. The van der Waals surface area contributed by atoms with E-state index in [-0.39, 0.29) is 17.6 Å². The van der Waals surface area contributed by atoms with Gasteiger partial charge >= 0.3 is 0 Å². The van der Waals surface area contributed by atoms with E-state index in [4.69, 9.17) is 14.8 Å². The molecule has 0 N–H and O–H groups in total. The van der Waals surface area contributed by atoms with Gasteiger partial charge in [-0.3, -0.25) is 4.90 Å². The van der Waals surface area contributed by atoms with Crippen molar-refractivity contribution in [3.05, 3.63) is 0 Å². The topological polar surface area (TPSA) is 48.8 Å². The zero-order valence-electron chi connectivity index (χ0n) is 24.8. The summed E-state index contributed by atoms with van der Waals surface area (Å²) in [5.74, 6) is 0.480. The Morgan fingerprint density at radius 2 is 1.41 bits per heavy atom. The van der Waals surface area contributed by atoms with E-state index < -0.39 is 0 Å². The molecule has 37 heavy (non-hydrogen) atoms. The van der Waals surface area contributed by atoms with Gasteiger partial charge in [-0.05, 0) is 32.1 Å². The number of rotatable bonds is 15. The van der Waals surface area contributed by atoms with Gasteiger partial charge in [-0.15, -0.1) is 0 Å². The molecule has 0 amide bonds. The Balaban J connectivity index is 1.61. The SMILES string of the molecule is CCCCN(CCCC)N1CC(C)C12[N]CCOC2N1CCOCC12CCN2N(CCCC)CCCC. The molecule has 0 aliphatic carbocycles. The van der Waals surface area contributed by atoms with Crippen molar-refractivity contribution in [2.45, 2.75) is 110 Å². The van der Waals surface area contributed by atoms with Gasteiger partial charge in [0, 0.05) is 58.3 Å². The maximum absolute atomic E-state index is 6.82. The fourth-order valence-corrected chi connectivity index (χ4v) is 6.95. The normalized spacial score (nSPS) is 33.5. The van der Waals surface area contributed by atoms with Crippen LogP contribution in [0.15, 0.2) is 0 Å². The highest BCUT2D eigenvalue weighted by molar-refractivity contribution is 5.12. The van der Waals surface area contributed by atoms with Crippen molar-refractivity contribution in [1.82, 2.24) is 30.3 Å². The van der Waals surface area contributed by atoms with Crippen LogP contribution in [0.3, 0.4) is 0 Å². The molecule has 8 heteroatoms. The van der Waals surface area contributed by atoms with E-state index in [1.54, 1.807) is 0 Å². The number of hydrazine groups is 2. The minimum Gasteiger partial charge on any atom is -0.377 e. The summed E-state index contributed by atoms with van der Waals surface area (Å²) < 4.78 is 13.1. The van der Waals surface area contributed by atoms with Gasteiger partial charge in [0.15, 0.2) is 0 Å². The molecule has 4 rings (SSSR count). The molecule has 0 saturated carbocycles. The van der Waals surface area contributed by atoms with Crippen LogP contribution in [-0.2, 0) is 9.47 Å². The van der Waals surface area contributed by atoms with Gasteiger partial charge in [-0.1, -0.05) is 60.3 Å². The second kappa shape index (κ2) is 13.8. The molecule has 0 bridgehead atoms. The standard InChI is InChI=1S/C29H57N6O2/c1-6-10-16-31(17-11-7-2)34-20-14-28(34)25-36-23-21-33(28)27-29(30-15-22-37-27)26(5)24-35(29)32(18-12-8-3)19-13-9-4/h26-27H,6-25H2,1-5H3. The second-order valence-corrected chi connectivity index (χ2v) is 11.8. The van der Waals surface area contributed by atoms with Crippen molar-refractivity contribution >= 4 is 0 Å². The monoisotopic (exact) mass is 521 g/mol. The minimum absolute atomic E-state index is 0.0262. The Morgan fingerprint density at radius 1 is 0.811 bits per heavy atom. The molecule has 4 fully saturated rings. The first-order valence-corrected chi connectivity index (χ1v) is 15.8. The third-order valence-corrected chi connectivity index (χ3v) is 9.27. The molecule has 8 nitrogen and oxygen atoms in total. The number of ether oxygens (including phenoxy) is 2. The molecular weight excluding hydrogens is 464 g/mol. The van der Waals surface area contributed by atoms with Crippen LogP contribution in [-0.4, -0.2) is 115 Å². The zero-order chi connectivity index (χ0) is 26.3. The molecule has 4 saturated heterocycles. The number of hydrogen-bond donors (Lipinski definition) is 0. The summed E-state index contributed by atoms with van der Waals surface area (Å²) in [5.41, 5.74) is -0.397. The van der Waals surface area contributed by atoms with E-state index in [2.05, 4.69) is 59.6 Å². The van der Waals surface area contributed by atoms with Crippen LogP contribution >= 0.6 is 0 Å². The lowest BCUT2D eigenvalue weighted by atomic mass is 9.79. The Bertz CT molecular complexity index is 669. The van der Waals surface area contributed by atoms with E-state index >= 15 is 0 Å². The van der Waals surface area contributed by atoms with E-state index in [0.717, 1.165) is 78.6 Å². The first-order valence-electron chi connectivity index (χ1n) is 15.8. The Kier molecular flexibility index (Phi) is 11.1. The predicted octanol–water partition coefficient (Wildman–Crippen LogP) is 3.96. The van der Waals surface area contributed by atoms with Crippen molar-refractivity contribution in [1.29, 1.82) is 0 Å². The maximum Gasteiger partial charge on any atom is 0.147 e. The van der Waals surface area contributed by atoms with Gasteiger partial charge in [0.05, 0.1) is 19.8 Å². The van der Waals surface area contributed by atoms with Crippen LogP contribution < -0.4 is 5.32 Å². The van der Waals surface area contributed by atoms with Crippen molar-refractivity contribution in [2.24, 2.45) is 5.92 Å². The van der Waals surface area contributed by atoms with Crippen LogP contribution in [0, 0.1) is 5.92 Å². The number of nitrogens with zero attached hydrogens (tertiary/aromatic N) is 6. The summed E-state index contributed by atoms with van der Waals surface area (Å²) in [6.45, 7) is 22.3. The third-order valence-electron chi connectivity index (χ3n) is 9.27. The number of unbranched alkanes of at least 4 members (excludes halogenated alkanes) is 4. The number of morpholine rings is 2. The first kappa shape index (κ1) is 29.7. The molecule has 4 atom stereocenters. The van der Waals surface area contributed by atoms with E-state index in [1.165, 1.54) is 51.4 Å². The second-order valence-electron chi connectivity index (χ2n) is 11.8. The smallest absolute Gasteiger partial charge is 0.147 e. The van der Waals surface area contributed by atoms with Crippen molar-refractivity contribution in [2.75, 3.05) is 72.2 Å². The maximum atomic E-state index is 6.82. The van der Waals surface area contributed by atoms with Crippen LogP contribution in [0.1, 0.15) is 92.4 Å². The van der Waals surface area contributed by atoms with E-state index in [1.807, 2.05) is 0 Å². The highest BCUT2D eigenvalue weighted by atomic mass is 16.5. The predicted molar refractivity (Wildman–Crippen MR) is 150 cm³/mol. The summed E-state index contributed by atoms with van der Waals surface area (Å²) in [6, 6.07) is 0. The molecule has 0 aromatic rings. The third kappa shape index (κ3) is 5.78. The van der Waals surface area contributed by atoms with Crippen molar-refractivity contribution in [3.8, 4) is 0 Å². The highest BCUT2D eigenvalue weighted by Gasteiger charge is 2.66. The van der Waals surface area contributed by atoms with Gasteiger partial charge in [0.25, 0.3) is 0 Å². The van der Waals surface area contributed by atoms with Crippen molar-refractivity contribution in [3.63, 3.8) is 0 Å². The molecular formula is C29H57N6O2. The zero-order valence-corrected chi connectivity index (χ0v) is 24.8. The Morgan fingerprint density at radius 3 is 1.92 bits per heavy atom. The van der Waals surface area contributed by atoms with Crippen LogP contribution in [0.5, 0.6) is 0 Å². The molecule has 2 spiro atoms. The summed E-state index contributed by atoms with van der Waals surface area (Å²) in [6.07, 6.45) is 11.0. The van der Waals surface area contributed by atoms with Gasteiger partial charge in [-0.2, -0.15) is 0 Å². The summed E-state index contributed by atoms with van der Waals surface area (Å²) in [4.78, 5) is 2.70. The molecule has 4 aliphatic rings. The van der Waals surface area contributed by atoms with E-state index in [9.17, 15) is 0 Å². The highest BCUT2D eigenvalue weighted by Crippen LogP contribution is 2.48. The molecule has 0 aromatic heterocycles. The molecule has 1 radical (unpaired) electrons. The minimum atomic E-state index is -0.289. The largest absolute Gasteiger partial charge is 0.377 e. The fraction of sp³-hybridized carbons (Fsp3) is 1.00. The molecule has 215 valence electrons. The van der Waals surface area contributed by atoms with Gasteiger partial charge in [0.1, 0.15) is 17.6 Å². The van der Waals surface area contributed by atoms with Crippen LogP contribution in [0.4, 0.5) is 0 Å². The Labute approximate surface area is 227 Å².